The zero-order valence-electron chi connectivity index (χ0n) is 11.3. The minimum atomic E-state index is -0.268. The lowest BCUT2D eigenvalue weighted by molar-refractivity contribution is -0.137. The van der Waals surface area contributed by atoms with E-state index < -0.39 is 0 Å². The molecule has 2 amide bonds. The third kappa shape index (κ3) is 2.54. The molecule has 0 N–H and O–H groups in total. The molecule has 1 aromatic carbocycles. The number of hydrogen-bond acceptors (Lipinski definition) is 4. The van der Waals surface area contributed by atoms with Crippen molar-refractivity contribution in [2.24, 2.45) is 5.92 Å². The Hall–Kier alpha value is -2.04. The SMILES string of the molecule is COc1ccc(CC2CC(=O)N(C)C2=O)cc1OC. The number of imide groups is 1. The van der Waals surface area contributed by atoms with E-state index in [1.807, 2.05) is 12.1 Å². The van der Waals surface area contributed by atoms with Gasteiger partial charge in [-0.1, -0.05) is 6.07 Å². The van der Waals surface area contributed by atoms with E-state index in [-0.39, 0.29) is 24.2 Å². The molecular weight excluding hydrogens is 246 g/mol. The van der Waals surface area contributed by atoms with Crippen LogP contribution in [-0.2, 0) is 16.0 Å². The highest BCUT2D eigenvalue weighted by Crippen LogP contribution is 2.30. The Morgan fingerprint density at radius 2 is 1.89 bits per heavy atom. The van der Waals surface area contributed by atoms with Crippen LogP contribution in [0.1, 0.15) is 12.0 Å². The summed E-state index contributed by atoms with van der Waals surface area (Å²) in [7, 11) is 4.67. The Kier molecular flexibility index (Phi) is 3.74. The van der Waals surface area contributed by atoms with Crippen LogP contribution in [0.3, 0.4) is 0 Å². The van der Waals surface area contributed by atoms with Gasteiger partial charge in [-0.05, 0) is 24.1 Å². The largest absolute Gasteiger partial charge is 0.493 e. The van der Waals surface area contributed by atoms with Crippen molar-refractivity contribution in [2.45, 2.75) is 12.8 Å². The van der Waals surface area contributed by atoms with Crippen LogP contribution in [0.15, 0.2) is 18.2 Å². The second-order valence-corrected chi connectivity index (χ2v) is 4.59. The van der Waals surface area contributed by atoms with Gasteiger partial charge in [-0.25, -0.2) is 0 Å². The molecule has 1 atom stereocenters. The van der Waals surface area contributed by atoms with E-state index in [0.717, 1.165) is 5.56 Å². The molecule has 19 heavy (non-hydrogen) atoms. The minimum absolute atomic E-state index is 0.111. The van der Waals surface area contributed by atoms with E-state index in [9.17, 15) is 9.59 Å². The summed E-state index contributed by atoms with van der Waals surface area (Å²) in [4.78, 5) is 24.5. The molecule has 2 rings (SSSR count). The quantitative estimate of drug-likeness (QED) is 0.767. The third-order valence-corrected chi connectivity index (χ3v) is 3.40. The van der Waals surface area contributed by atoms with E-state index >= 15 is 0 Å². The van der Waals surface area contributed by atoms with Gasteiger partial charge < -0.3 is 9.47 Å². The summed E-state index contributed by atoms with van der Waals surface area (Å²) in [6, 6.07) is 5.53. The molecular formula is C14H17NO4. The number of amides is 2. The average molecular weight is 263 g/mol. The van der Waals surface area contributed by atoms with Crippen molar-refractivity contribution in [3.63, 3.8) is 0 Å². The van der Waals surface area contributed by atoms with Crippen molar-refractivity contribution in [3.05, 3.63) is 23.8 Å². The molecule has 1 aliphatic rings. The Morgan fingerprint density at radius 1 is 1.21 bits per heavy atom. The first-order valence-electron chi connectivity index (χ1n) is 6.08. The van der Waals surface area contributed by atoms with Gasteiger partial charge in [-0.2, -0.15) is 0 Å². The molecule has 0 saturated carbocycles. The normalized spacial score (nSPS) is 18.9. The average Bonchev–Trinajstić information content (AvgIpc) is 2.66. The first kappa shape index (κ1) is 13.4. The zero-order valence-corrected chi connectivity index (χ0v) is 11.3. The van der Waals surface area contributed by atoms with Crippen molar-refractivity contribution in [2.75, 3.05) is 21.3 Å². The molecule has 1 fully saturated rings. The molecule has 0 bridgehead atoms. The number of nitrogens with zero attached hydrogens (tertiary/aromatic N) is 1. The van der Waals surface area contributed by atoms with E-state index in [1.165, 1.54) is 11.9 Å². The molecule has 0 aliphatic carbocycles. The third-order valence-electron chi connectivity index (χ3n) is 3.40. The maximum atomic E-state index is 11.8. The van der Waals surface area contributed by atoms with Gasteiger partial charge in [0.2, 0.25) is 11.8 Å². The van der Waals surface area contributed by atoms with E-state index in [0.29, 0.717) is 17.9 Å². The number of carbonyl (C=O) groups is 2. The van der Waals surface area contributed by atoms with Crippen LogP contribution in [0, 0.1) is 5.92 Å². The molecule has 1 unspecified atom stereocenters. The second-order valence-electron chi connectivity index (χ2n) is 4.59. The van der Waals surface area contributed by atoms with Gasteiger partial charge in [0.15, 0.2) is 11.5 Å². The van der Waals surface area contributed by atoms with Gasteiger partial charge in [0.25, 0.3) is 0 Å². The maximum Gasteiger partial charge on any atom is 0.232 e. The van der Waals surface area contributed by atoms with E-state index in [2.05, 4.69) is 0 Å². The van der Waals surface area contributed by atoms with Crippen LogP contribution in [0.25, 0.3) is 0 Å². The molecule has 5 heteroatoms. The van der Waals surface area contributed by atoms with Crippen LogP contribution in [-0.4, -0.2) is 38.0 Å². The lowest BCUT2D eigenvalue weighted by Crippen LogP contribution is -2.26. The van der Waals surface area contributed by atoms with Gasteiger partial charge in [0, 0.05) is 13.5 Å². The van der Waals surface area contributed by atoms with Crippen molar-refractivity contribution in [1.82, 2.24) is 4.90 Å². The number of ether oxygens (including phenoxy) is 2. The highest BCUT2D eigenvalue weighted by Gasteiger charge is 2.35. The Morgan fingerprint density at radius 3 is 2.42 bits per heavy atom. The molecule has 102 valence electrons. The number of methoxy groups -OCH3 is 2. The predicted molar refractivity (Wildman–Crippen MR) is 69.1 cm³/mol. The Labute approximate surface area is 112 Å². The highest BCUT2D eigenvalue weighted by molar-refractivity contribution is 6.03. The fraction of sp³-hybridized carbons (Fsp3) is 0.429. The monoisotopic (exact) mass is 263 g/mol. The summed E-state index contributed by atoms with van der Waals surface area (Å²) in [5.41, 5.74) is 0.958. The fourth-order valence-corrected chi connectivity index (χ4v) is 2.28. The second kappa shape index (κ2) is 5.30. The predicted octanol–water partition coefficient (Wildman–Crippen LogP) is 1.25. The van der Waals surface area contributed by atoms with Crippen molar-refractivity contribution in [3.8, 4) is 11.5 Å². The summed E-state index contributed by atoms with van der Waals surface area (Å²) in [6.07, 6.45) is 0.818. The lowest BCUT2D eigenvalue weighted by Gasteiger charge is -2.12. The first-order valence-corrected chi connectivity index (χ1v) is 6.08. The summed E-state index contributed by atoms with van der Waals surface area (Å²) >= 11 is 0. The Balaban J connectivity index is 2.16. The van der Waals surface area contributed by atoms with Crippen LogP contribution >= 0.6 is 0 Å². The van der Waals surface area contributed by atoms with Crippen LogP contribution in [0.4, 0.5) is 0 Å². The van der Waals surface area contributed by atoms with E-state index in [1.54, 1.807) is 20.3 Å². The van der Waals surface area contributed by atoms with Gasteiger partial charge >= 0.3 is 0 Å². The summed E-state index contributed by atoms with van der Waals surface area (Å²) in [6.45, 7) is 0. The smallest absolute Gasteiger partial charge is 0.232 e. The zero-order chi connectivity index (χ0) is 14.0. The molecule has 1 aromatic rings. The van der Waals surface area contributed by atoms with Gasteiger partial charge in [-0.15, -0.1) is 0 Å². The maximum absolute atomic E-state index is 11.8. The lowest BCUT2D eigenvalue weighted by atomic mass is 9.97. The number of rotatable bonds is 4. The number of benzene rings is 1. The van der Waals surface area contributed by atoms with Crippen LogP contribution in [0.5, 0.6) is 11.5 Å². The van der Waals surface area contributed by atoms with Gasteiger partial charge in [-0.3, -0.25) is 14.5 Å². The summed E-state index contributed by atoms with van der Waals surface area (Å²) < 4.78 is 10.4. The molecule has 1 saturated heterocycles. The van der Waals surface area contributed by atoms with Gasteiger partial charge in [0.05, 0.1) is 20.1 Å². The van der Waals surface area contributed by atoms with Gasteiger partial charge in [0.1, 0.15) is 0 Å². The molecule has 1 heterocycles. The number of carbonyl (C=O) groups excluding carboxylic acids is 2. The number of likely N-dealkylation sites (tertiary alicyclic amines) is 1. The van der Waals surface area contributed by atoms with Crippen molar-refractivity contribution < 1.29 is 19.1 Å². The van der Waals surface area contributed by atoms with E-state index in [4.69, 9.17) is 9.47 Å². The molecule has 0 spiro atoms. The highest BCUT2D eigenvalue weighted by atomic mass is 16.5. The molecule has 1 aliphatic heterocycles. The first-order chi connectivity index (χ1) is 9.06. The van der Waals surface area contributed by atoms with Crippen LogP contribution in [0.2, 0.25) is 0 Å². The topological polar surface area (TPSA) is 55.8 Å². The fourth-order valence-electron chi connectivity index (χ4n) is 2.28. The summed E-state index contributed by atoms with van der Waals surface area (Å²) in [5.74, 6) is 0.785. The molecule has 0 radical (unpaired) electrons. The summed E-state index contributed by atoms with van der Waals surface area (Å²) in [5, 5.41) is 0. The standard InChI is InChI=1S/C14H17NO4/c1-15-13(16)8-10(14(15)17)6-9-4-5-11(18-2)12(7-9)19-3/h4-5,7,10H,6,8H2,1-3H3. The minimum Gasteiger partial charge on any atom is -0.493 e. The Bertz CT molecular complexity index is 512. The number of hydrogen-bond donors (Lipinski definition) is 0. The van der Waals surface area contributed by atoms with Crippen molar-refractivity contribution >= 4 is 11.8 Å². The molecule has 0 aromatic heterocycles. The molecule has 5 nitrogen and oxygen atoms in total. The van der Waals surface area contributed by atoms with Crippen LogP contribution < -0.4 is 9.47 Å². The van der Waals surface area contributed by atoms with Crippen molar-refractivity contribution in [1.29, 1.82) is 0 Å².